The minimum absolute atomic E-state index is 0.107. The van der Waals surface area contributed by atoms with Gasteiger partial charge in [-0.05, 0) is 92.9 Å². The van der Waals surface area contributed by atoms with E-state index in [-0.39, 0.29) is 4.90 Å². The fourth-order valence-electron chi connectivity index (χ4n) is 3.25. The van der Waals surface area contributed by atoms with Gasteiger partial charge in [0.05, 0.1) is 22.9 Å². The smallest absolute Gasteiger partial charge is 0.264 e. The van der Waals surface area contributed by atoms with Gasteiger partial charge in [-0.1, -0.05) is 24.3 Å². The fourth-order valence-corrected chi connectivity index (χ4v) is 4.68. The lowest BCUT2D eigenvalue weighted by Gasteiger charge is -2.24. The number of nitrogens with one attached hydrogen (secondary N) is 1. The average Bonchev–Trinajstić information content (AvgIpc) is 2.84. The number of rotatable bonds is 9. The van der Waals surface area contributed by atoms with Crippen LogP contribution in [-0.4, -0.2) is 33.2 Å². The highest BCUT2D eigenvalue weighted by atomic mass is 32.2. The summed E-state index contributed by atoms with van der Waals surface area (Å²) in [5.74, 6) is 0.196. The van der Waals surface area contributed by atoms with Gasteiger partial charge in [-0.15, -0.1) is 0 Å². The van der Waals surface area contributed by atoms with Crippen LogP contribution < -0.4 is 14.5 Å². The highest BCUT2D eigenvalue weighted by molar-refractivity contribution is 7.92. The van der Waals surface area contributed by atoms with Gasteiger partial charge in [0.25, 0.3) is 15.9 Å². The summed E-state index contributed by atoms with van der Waals surface area (Å²) in [6.07, 6.45) is 0. The van der Waals surface area contributed by atoms with Crippen LogP contribution in [-0.2, 0) is 14.8 Å². The van der Waals surface area contributed by atoms with E-state index in [0.717, 1.165) is 26.7 Å². The topological polar surface area (TPSA) is 88.1 Å². The first-order valence-corrected chi connectivity index (χ1v) is 12.4. The molecule has 0 aliphatic rings. The summed E-state index contributed by atoms with van der Waals surface area (Å²) in [4.78, 5) is 12.9. The molecule has 0 aliphatic heterocycles. The second-order valence-electron chi connectivity index (χ2n) is 7.78. The lowest BCUT2D eigenvalue weighted by Crippen LogP contribution is -2.39. The number of benzene rings is 3. The highest BCUT2D eigenvalue weighted by Gasteiger charge is 2.27. The number of anilines is 1. The molecule has 8 heteroatoms. The van der Waals surface area contributed by atoms with Crippen LogP contribution >= 0.6 is 0 Å². The van der Waals surface area contributed by atoms with Gasteiger partial charge < -0.3 is 4.74 Å². The van der Waals surface area contributed by atoms with Crippen molar-refractivity contribution in [1.82, 2.24) is 5.43 Å². The van der Waals surface area contributed by atoms with E-state index in [2.05, 4.69) is 10.5 Å². The van der Waals surface area contributed by atoms with Crippen molar-refractivity contribution in [3.8, 4) is 5.75 Å². The monoisotopic (exact) mass is 479 g/mol. The van der Waals surface area contributed by atoms with Crippen LogP contribution in [0, 0.1) is 13.8 Å². The van der Waals surface area contributed by atoms with Crippen molar-refractivity contribution in [2.24, 2.45) is 5.10 Å². The number of hydrazone groups is 1. The lowest BCUT2D eigenvalue weighted by atomic mass is 10.1. The van der Waals surface area contributed by atoms with Gasteiger partial charge in [0.2, 0.25) is 0 Å². The van der Waals surface area contributed by atoms with Crippen LogP contribution in [0.5, 0.6) is 5.75 Å². The van der Waals surface area contributed by atoms with E-state index in [0.29, 0.717) is 18.0 Å². The zero-order valence-corrected chi connectivity index (χ0v) is 20.6. The predicted octanol–water partition coefficient (Wildman–Crippen LogP) is 4.44. The molecule has 3 rings (SSSR count). The van der Waals surface area contributed by atoms with Gasteiger partial charge in [-0.25, -0.2) is 13.8 Å². The summed E-state index contributed by atoms with van der Waals surface area (Å²) in [5.41, 5.74) is 6.24. The summed E-state index contributed by atoms with van der Waals surface area (Å²) < 4.78 is 33.4. The summed E-state index contributed by atoms with van der Waals surface area (Å²) in [7, 11) is -3.97. The standard InChI is InChI=1S/C26H29N3O4S/c1-5-33-24-15-12-22(13-16-24)21(4)27-28-26(30)18-29(23-14-11-19(2)20(3)17-23)34(31,32)25-9-7-6-8-10-25/h6-17H,5,18H2,1-4H3,(H,28,30)/b27-21-. The molecule has 0 spiro atoms. The molecule has 0 aliphatic carbocycles. The molecule has 0 radical (unpaired) electrons. The maximum Gasteiger partial charge on any atom is 0.264 e. The maximum absolute atomic E-state index is 13.4. The third-order valence-electron chi connectivity index (χ3n) is 5.33. The fraction of sp³-hybridized carbons (Fsp3) is 0.231. The molecule has 0 unspecified atom stereocenters. The van der Waals surface area contributed by atoms with Gasteiger partial charge in [0.15, 0.2) is 0 Å². The molecule has 0 saturated carbocycles. The Labute approximate surface area is 201 Å². The Morgan fingerprint density at radius 3 is 2.26 bits per heavy atom. The van der Waals surface area contributed by atoms with E-state index >= 15 is 0 Å². The van der Waals surface area contributed by atoms with Crippen LogP contribution in [0.4, 0.5) is 5.69 Å². The van der Waals surface area contributed by atoms with Crippen LogP contribution in [0.3, 0.4) is 0 Å². The number of amides is 1. The first-order valence-electron chi connectivity index (χ1n) is 10.9. The van der Waals surface area contributed by atoms with E-state index < -0.39 is 22.5 Å². The molecule has 3 aromatic rings. The Hall–Kier alpha value is -3.65. The highest BCUT2D eigenvalue weighted by Crippen LogP contribution is 2.25. The molecule has 0 aromatic heterocycles. The van der Waals surface area contributed by atoms with Crippen molar-refractivity contribution in [3.05, 3.63) is 89.5 Å². The number of nitrogens with zero attached hydrogens (tertiary/aromatic N) is 2. The van der Waals surface area contributed by atoms with E-state index in [1.807, 2.05) is 51.1 Å². The Bertz CT molecular complexity index is 1270. The quantitative estimate of drug-likeness (QED) is 0.363. The van der Waals surface area contributed by atoms with Crippen molar-refractivity contribution in [1.29, 1.82) is 0 Å². The van der Waals surface area contributed by atoms with Crippen molar-refractivity contribution in [3.63, 3.8) is 0 Å². The molecular weight excluding hydrogens is 450 g/mol. The third kappa shape index (κ3) is 6.02. The van der Waals surface area contributed by atoms with Gasteiger partial charge in [0.1, 0.15) is 12.3 Å². The van der Waals surface area contributed by atoms with Gasteiger partial charge in [0, 0.05) is 0 Å². The van der Waals surface area contributed by atoms with Crippen molar-refractivity contribution < 1.29 is 17.9 Å². The molecule has 7 nitrogen and oxygen atoms in total. The Morgan fingerprint density at radius 2 is 1.65 bits per heavy atom. The summed E-state index contributed by atoms with van der Waals surface area (Å²) in [6, 6.07) is 20.7. The van der Waals surface area contributed by atoms with E-state index in [1.54, 1.807) is 37.3 Å². The molecule has 0 atom stereocenters. The molecular formula is C26H29N3O4S. The second-order valence-corrected chi connectivity index (χ2v) is 9.65. The Kier molecular flexibility index (Phi) is 8.07. The normalized spacial score (nSPS) is 11.7. The minimum atomic E-state index is -3.97. The number of hydrogen-bond acceptors (Lipinski definition) is 5. The number of ether oxygens (including phenoxy) is 1. The van der Waals surface area contributed by atoms with E-state index in [1.165, 1.54) is 12.1 Å². The van der Waals surface area contributed by atoms with Crippen LogP contribution in [0.1, 0.15) is 30.5 Å². The van der Waals surface area contributed by atoms with Crippen LogP contribution in [0.15, 0.2) is 82.8 Å². The number of carbonyl (C=O) groups excluding carboxylic acids is 1. The molecule has 0 heterocycles. The third-order valence-corrected chi connectivity index (χ3v) is 7.12. The Morgan fingerprint density at radius 1 is 0.971 bits per heavy atom. The summed E-state index contributed by atoms with van der Waals surface area (Å²) in [6.45, 7) is 7.68. The van der Waals surface area contributed by atoms with Crippen LogP contribution in [0.25, 0.3) is 0 Å². The zero-order chi connectivity index (χ0) is 24.7. The number of carbonyl (C=O) groups is 1. The van der Waals surface area contributed by atoms with E-state index in [9.17, 15) is 13.2 Å². The van der Waals surface area contributed by atoms with Gasteiger partial charge >= 0.3 is 0 Å². The minimum Gasteiger partial charge on any atom is -0.494 e. The number of sulfonamides is 1. The molecule has 0 bridgehead atoms. The average molecular weight is 480 g/mol. The summed E-state index contributed by atoms with van der Waals surface area (Å²) >= 11 is 0. The molecule has 1 amide bonds. The summed E-state index contributed by atoms with van der Waals surface area (Å²) in [5, 5.41) is 4.16. The zero-order valence-electron chi connectivity index (χ0n) is 19.8. The first kappa shape index (κ1) is 25.0. The molecule has 3 aromatic carbocycles. The SMILES string of the molecule is CCOc1ccc(/C(C)=N\NC(=O)CN(c2ccc(C)c(C)c2)S(=O)(=O)c2ccccc2)cc1. The molecule has 34 heavy (non-hydrogen) atoms. The number of aryl methyl sites for hydroxylation is 2. The van der Waals surface area contributed by atoms with Crippen LogP contribution in [0.2, 0.25) is 0 Å². The number of hydrogen-bond donors (Lipinski definition) is 1. The van der Waals surface area contributed by atoms with Crippen molar-refractivity contribution >= 4 is 27.3 Å². The molecule has 0 saturated heterocycles. The maximum atomic E-state index is 13.4. The largest absolute Gasteiger partial charge is 0.494 e. The predicted molar refractivity (Wildman–Crippen MR) is 135 cm³/mol. The molecule has 178 valence electrons. The van der Waals surface area contributed by atoms with Gasteiger partial charge in [-0.3, -0.25) is 9.10 Å². The Balaban J connectivity index is 1.83. The van der Waals surface area contributed by atoms with Crippen molar-refractivity contribution in [2.45, 2.75) is 32.6 Å². The second kappa shape index (κ2) is 11.0. The van der Waals surface area contributed by atoms with Crippen molar-refractivity contribution in [2.75, 3.05) is 17.5 Å². The lowest BCUT2D eigenvalue weighted by molar-refractivity contribution is -0.119. The molecule has 0 fully saturated rings. The molecule has 1 N–H and O–H groups in total. The van der Waals surface area contributed by atoms with Gasteiger partial charge in [-0.2, -0.15) is 5.10 Å². The van der Waals surface area contributed by atoms with E-state index in [4.69, 9.17) is 4.74 Å². The first-order chi connectivity index (χ1) is 16.2.